The molecule has 0 unspecified atom stereocenters. The maximum atomic E-state index is 5.90. The van der Waals surface area contributed by atoms with Gasteiger partial charge >= 0.3 is 0 Å². The normalized spacial score (nSPS) is 10.5. The zero-order valence-corrected chi connectivity index (χ0v) is 16.2. The summed E-state index contributed by atoms with van der Waals surface area (Å²) in [4.78, 5) is 4.33. The molecule has 0 spiro atoms. The van der Waals surface area contributed by atoms with Gasteiger partial charge in [-0.25, -0.2) is 4.99 Å². The number of para-hydroxylation sites is 1. The average molecular weight is 443 g/mol. The predicted molar refractivity (Wildman–Crippen MR) is 107 cm³/mol. The minimum Gasteiger partial charge on any atom is -0.493 e. The fourth-order valence-corrected chi connectivity index (χ4v) is 2.11. The first-order valence-electron chi connectivity index (χ1n) is 7.08. The SMILES string of the molecule is COc1cc(CN=C(N)Nc2ccccc2)cc(OC)c1OC.I. The fraction of sp³-hybridized carbons (Fsp3) is 0.235. The van der Waals surface area contributed by atoms with Gasteiger partial charge in [0.25, 0.3) is 0 Å². The van der Waals surface area contributed by atoms with Crippen LogP contribution in [0.5, 0.6) is 17.2 Å². The van der Waals surface area contributed by atoms with E-state index in [0.717, 1.165) is 11.3 Å². The van der Waals surface area contributed by atoms with Crippen molar-refractivity contribution in [2.45, 2.75) is 6.54 Å². The van der Waals surface area contributed by atoms with Crippen LogP contribution in [0.4, 0.5) is 5.69 Å². The van der Waals surface area contributed by atoms with Gasteiger partial charge in [0.05, 0.1) is 27.9 Å². The number of guanidine groups is 1. The number of ether oxygens (including phenoxy) is 3. The van der Waals surface area contributed by atoms with Crippen LogP contribution in [0.3, 0.4) is 0 Å². The number of nitrogens with one attached hydrogen (secondary N) is 1. The van der Waals surface area contributed by atoms with Gasteiger partial charge in [0, 0.05) is 5.69 Å². The topological polar surface area (TPSA) is 78.1 Å². The molecule has 0 heterocycles. The average Bonchev–Trinajstić information content (AvgIpc) is 2.59. The van der Waals surface area contributed by atoms with Gasteiger partial charge < -0.3 is 25.3 Å². The van der Waals surface area contributed by atoms with Crippen molar-refractivity contribution in [1.29, 1.82) is 0 Å². The Hall–Kier alpha value is -2.16. The summed E-state index contributed by atoms with van der Waals surface area (Å²) in [6.07, 6.45) is 0. The van der Waals surface area contributed by atoms with Crippen molar-refractivity contribution in [2.75, 3.05) is 26.6 Å². The molecule has 0 fully saturated rings. The maximum absolute atomic E-state index is 5.90. The Balaban J connectivity index is 0.00000288. The first kappa shape index (κ1) is 19.9. The lowest BCUT2D eigenvalue weighted by Crippen LogP contribution is -2.22. The van der Waals surface area contributed by atoms with E-state index < -0.39 is 0 Å². The Morgan fingerprint density at radius 2 is 1.58 bits per heavy atom. The summed E-state index contributed by atoms with van der Waals surface area (Å²) in [6, 6.07) is 13.3. The predicted octanol–water partition coefficient (Wildman–Crippen LogP) is 3.26. The molecule has 130 valence electrons. The zero-order valence-electron chi connectivity index (χ0n) is 13.9. The summed E-state index contributed by atoms with van der Waals surface area (Å²) in [5.41, 5.74) is 7.69. The van der Waals surface area contributed by atoms with Crippen LogP contribution in [0.2, 0.25) is 0 Å². The second-order valence-electron chi connectivity index (χ2n) is 4.73. The molecule has 0 atom stereocenters. The van der Waals surface area contributed by atoms with Gasteiger partial charge in [-0.3, -0.25) is 0 Å². The van der Waals surface area contributed by atoms with Crippen molar-refractivity contribution in [3.05, 3.63) is 48.0 Å². The van der Waals surface area contributed by atoms with Gasteiger partial charge in [-0.1, -0.05) is 18.2 Å². The van der Waals surface area contributed by atoms with Crippen molar-refractivity contribution in [3.63, 3.8) is 0 Å². The van der Waals surface area contributed by atoms with Crippen LogP contribution >= 0.6 is 24.0 Å². The van der Waals surface area contributed by atoms with E-state index in [-0.39, 0.29) is 24.0 Å². The third-order valence-electron chi connectivity index (χ3n) is 3.20. The largest absolute Gasteiger partial charge is 0.493 e. The van der Waals surface area contributed by atoms with Crippen LogP contribution in [0.15, 0.2) is 47.5 Å². The Morgan fingerprint density at radius 1 is 1.00 bits per heavy atom. The molecule has 0 aliphatic heterocycles. The van der Waals surface area contributed by atoms with E-state index in [1.807, 2.05) is 42.5 Å². The van der Waals surface area contributed by atoms with Crippen molar-refractivity contribution in [2.24, 2.45) is 10.7 Å². The summed E-state index contributed by atoms with van der Waals surface area (Å²) in [6.45, 7) is 0.391. The smallest absolute Gasteiger partial charge is 0.203 e. The van der Waals surface area contributed by atoms with Crippen LogP contribution in [-0.4, -0.2) is 27.3 Å². The summed E-state index contributed by atoms with van der Waals surface area (Å²) in [7, 11) is 4.73. The summed E-state index contributed by atoms with van der Waals surface area (Å²) >= 11 is 0. The van der Waals surface area contributed by atoms with Crippen molar-refractivity contribution in [3.8, 4) is 17.2 Å². The lowest BCUT2D eigenvalue weighted by atomic mass is 10.2. The van der Waals surface area contributed by atoms with Gasteiger partial charge in [0.2, 0.25) is 5.75 Å². The molecule has 2 rings (SSSR count). The van der Waals surface area contributed by atoms with E-state index in [4.69, 9.17) is 19.9 Å². The molecule has 0 bridgehead atoms. The standard InChI is InChI=1S/C17H21N3O3.HI/c1-21-14-9-12(10-15(22-2)16(14)23-3)11-19-17(18)20-13-7-5-4-6-8-13;/h4-10H,11H2,1-3H3,(H3,18,19,20);1H. The molecule has 3 N–H and O–H groups in total. The molecule has 2 aromatic rings. The second-order valence-corrected chi connectivity index (χ2v) is 4.73. The van der Waals surface area contributed by atoms with Crippen LogP contribution in [0, 0.1) is 0 Å². The van der Waals surface area contributed by atoms with E-state index in [9.17, 15) is 0 Å². The lowest BCUT2D eigenvalue weighted by Gasteiger charge is -2.13. The van der Waals surface area contributed by atoms with Gasteiger partial charge in [-0.05, 0) is 29.8 Å². The number of benzene rings is 2. The molecular weight excluding hydrogens is 421 g/mol. The molecule has 0 radical (unpaired) electrons. The molecular formula is C17H22IN3O3. The van der Waals surface area contributed by atoms with Crippen LogP contribution in [-0.2, 0) is 6.54 Å². The maximum Gasteiger partial charge on any atom is 0.203 e. The summed E-state index contributed by atoms with van der Waals surface area (Å²) in [5, 5.41) is 3.03. The molecule has 0 aromatic heterocycles. The number of anilines is 1. The second kappa shape index (κ2) is 9.86. The fourth-order valence-electron chi connectivity index (χ4n) is 2.11. The number of aliphatic imine (C=N–C) groups is 1. The van der Waals surface area contributed by atoms with Crippen LogP contribution < -0.4 is 25.3 Å². The number of hydrogen-bond donors (Lipinski definition) is 2. The summed E-state index contributed by atoms with van der Waals surface area (Å²) < 4.78 is 15.9. The van der Waals surface area contributed by atoms with Gasteiger partial charge in [0.15, 0.2) is 17.5 Å². The van der Waals surface area contributed by atoms with Crippen LogP contribution in [0.1, 0.15) is 5.56 Å². The quantitative estimate of drug-likeness (QED) is 0.407. The third-order valence-corrected chi connectivity index (χ3v) is 3.20. The number of nitrogens with two attached hydrogens (primary N) is 1. The molecule has 24 heavy (non-hydrogen) atoms. The molecule has 0 aliphatic carbocycles. The highest BCUT2D eigenvalue weighted by atomic mass is 127. The minimum absolute atomic E-state index is 0. The highest BCUT2D eigenvalue weighted by molar-refractivity contribution is 14.0. The molecule has 2 aromatic carbocycles. The van der Waals surface area contributed by atoms with Gasteiger partial charge in [-0.2, -0.15) is 0 Å². The van der Waals surface area contributed by atoms with Crippen molar-refractivity contribution in [1.82, 2.24) is 0 Å². The first-order chi connectivity index (χ1) is 11.2. The monoisotopic (exact) mass is 443 g/mol. The molecule has 0 saturated heterocycles. The molecule has 0 aliphatic rings. The summed E-state index contributed by atoms with van der Waals surface area (Å²) in [5.74, 6) is 2.07. The molecule has 0 amide bonds. The van der Waals surface area contributed by atoms with Crippen molar-refractivity contribution >= 4 is 35.6 Å². The van der Waals surface area contributed by atoms with Gasteiger partial charge in [0.1, 0.15) is 0 Å². The molecule has 7 heteroatoms. The minimum atomic E-state index is 0. The number of halogens is 1. The van der Waals surface area contributed by atoms with Crippen LogP contribution in [0.25, 0.3) is 0 Å². The Kier molecular flexibility index (Phi) is 8.17. The van der Waals surface area contributed by atoms with E-state index >= 15 is 0 Å². The number of hydrogen-bond acceptors (Lipinski definition) is 4. The van der Waals surface area contributed by atoms with Crippen molar-refractivity contribution < 1.29 is 14.2 Å². The third kappa shape index (κ3) is 5.19. The Labute approximate surface area is 159 Å². The van der Waals surface area contributed by atoms with E-state index in [1.165, 1.54) is 0 Å². The first-order valence-corrected chi connectivity index (χ1v) is 7.08. The Morgan fingerprint density at radius 3 is 2.08 bits per heavy atom. The highest BCUT2D eigenvalue weighted by Crippen LogP contribution is 2.38. The zero-order chi connectivity index (χ0) is 16.7. The lowest BCUT2D eigenvalue weighted by molar-refractivity contribution is 0.324. The number of rotatable bonds is 6. The van der Waals surface area contributed by atoms with E-state index in [2.05, 4.69) is 10.3 Å². The van der Waals surface area contributed by atoms with Gasteiger partial charge in [-0.15, -0.1) is 24.0 Å². The molecule has 0 saturated carbocycles. The highest BCUT2D eigenvalue weighted by Gasteiger charge is 2.12. The van der Waals surface area contributed by atoms with E-state index in [0.29, 0.717) is 29.8 Å². The Bertz CT molecular complexity index is 653. The van der Waals surface area contributed by atoms with E-state index in [1.54, 1.807) is 21.3 Å². The number of nitrogens with zero attached hydrogens (tertiary/aromatic N) is 1. The number of methoxy groups -OCH3 is 3. The molecule has 6 nitrogen and oxygen atoms in total.